The van der Waals surface area contributed by atoms with E-state index in [1.165, 1.54) is 0 Å². The Morgan fingerprint density at radius 1 is 0.750 bits per heavy atom. The van der Waals surface area contributed by atoms with Crippen LogP contribution in [0.25, 0.3) is 0 Å². The number of aliphatic hydroxyl groups is 2. The normalized spacial score (nSPS) is 15.5. The molecule has 0 bridgehead atoms. The molecule has 0 spiro atoms. The van der Waals surface area contributed by atoms with Crippen LogP contribution in [0.15, 0.2) is 14.3 Å². The van der Waals surface area contributed by atoms with Crippen molar-refractivity contribution < 1.29 is 10.2 Å². The lowest BCUT2D eigenvalue weighted by Crippen LogP contribution is -1.89. The highest BCUT2D eigenvalue weighted by molar-refractivity contribution is 14.1. The second-order valence-corrected chi connectivity index (χ2v) is 6.52. The van der Waals surface area contributed by atoms with E-state index in [9.17, 15) is 0 Å². The lowest BCUT2D eigenvalue weighted by atomic mass is 10.4. The largest absolute Gasteiger partial charge is 0.391 e. The summed E-state index contributed by atoms with van der Waals surface area (Å²) in [5.74, 6) is 0. The molecule has 70 valence electrons. The van der Waals surface area contributed by atoms with Crippen molar-refractivity contribution in [3.05, 3.63) is 14.3 Å². The summed E-state index contributed by atoms with van der Waals surface area (Å²) in [6, 6.07) is 0. The summed E-state index contributed by atoms with van der Waals surface area (Å²) >= 11 is 8.52. The maximum absolute atomic E-state index is 8.85. The minimum Gasteiger partial charge on any atom is -0.391 e. The summed E-state index contributed by atoms with van der Waals surface area (Å²) in [5.41, 5.74) is 0. The molecule has 0 amide bonds. The van der Waals surface area contributed by atoms with Gasteiger partial charge in [-0.25, -0.2) is 0 Å². The van der Waals surface area contributed by atoms with Gasteiger partial charge in [-0.3, -0.25) is 0 Å². The number of allylic oxidation sites excluding steroid dienone is 2. The van der Waals surface area contributed by atoms with Crippen molar-refractivity contribution in [1.82, 2.24) is 0 Å². The molecular formula is C6H6I4O2. The van der Waals surface area contributed by atoms with Gasteiger partial charge in [-0.15, -0.1) is 0 Å². The van der Waals surface area contributed by atoms with Crippen LogP contribution in [0.5, 0.6) is 0 Å². The topological polar surface area (TPSA) is 40.5 Å². The average Bonchev–Trinajstić information content (AvgIpc) is 2.12. The molecule has 0 aliphatic carbocycles. The van der Waals surface area contributed by atoms with Gasteiger partial charge in [0, 0.05) is 14.3 Å². The first kappa shape index (κ1) is 14.3. The molecule has 0 aliphatic heterocycles. The second-order valence-electron chi connectivity index (χ2n) is 1.75. The quantitative estimate of drug-likeness (QED) is 0.378. The monoisotopic (exact) mass is 618 g/mol. The third-order valence-electron chi connectivity index (χ3n) is 0.947. The summed E-state index contributed by atoms with van der Waals surface area (Å²) in [5, 5.41) is 17.7. The van der Waals surface area contributed by atoms with Crippen LogP contribution in [-0.4, -0.2) is 23.4 Å². The van der Waals surface area contributed by atoms with Crippen molar-refractivity contribution in [2.24, 2.45) is 0 Å². The van der Waals surface area contributed by atoms with Crippen LogP contribution in [0.3, 0.4) is 0 Å². The van der Waals surface area contributed by atoms with Gasteiger partial charge in [0.05, 0.1) is 13.2 Å². The van der Waals surface area contributed by atoms with Crippen molar-refractivity contribution in [1.29, 1.82) is 0 Å². The van der Waals surface area contributed by atoms with E-state index in [1.807, 2.05) is 0 Å². The van der Waals surface area contributed by atoms with Gasteiger partial charge in [-0.1, -0.05) is 0 Å². The molecule has 12 heavy (non-hydrogen) atoms. The molecule has 0 aromatic heterocycles. The lowest BCUT2D eigenvalue weighted by Gasteiger charge is -2.03. The third kappa shape index (κ3) is 4.70. The lowest BCUT2D eigenvalue weighted by molar-refractivity contribution is 0.339. The Morgan fingerprint density at radius 2 is 1.00 bits per heavy atom. The van der Waals surface area contributed by atoms with Crippen LogP contribution in [-0.2, 0) is 0 Å². The molecule has 0 aromatic rings. The van der Waals surface area contributed by atoms with Gasteiger partial charge in [-0.05, 0) is 90.4 Å². The smallest absolute Gasteiger partial charge is 0.0749 e. The standard InChI is InChI=1S/C6H6I4O2/c7-3(1-11)5(9)6(10)4(8)2-12/h11-12H,1-2H2/b5-3-,6-4?. The van der Waals surface area contributed by atoms with E-state index in [2.05, 4.69) is 90.4 Å². The van der Waals surface area contributed by atoms with Crippen molar-refractivity contribution >= 4 is 90.4 Å². The molecule has 0 radical (unpaired) electrons. The summed E-state index contributed by atoms with van der Waals surface area (Å²) < 4.78 is 3.82. The zero-order valence-electron chi connectivity index (χ0n) is 5.82. The molecule has 0 unspecified atom stereocenters. The first-order valence-electron chi connectivity index (χ1n) is 2.85. The molecule has 0 heterocycles. The van der Waals surface area contributed by atoms with Crippen LogP contribution >= 0.6 is 90.4 Å². The van der Waals surface area contributed by atoms with E-state index in [0.717, 1.165) is 14.3 Å². The van der Waals surface area contributed by atoms with Crippen molar-refractivity contribution in [3.63, 3.8) is 0 Å². The van der Waals surface area contributed by atoms with Crippen LogP contribution in [0.1, 0.15) is 0 Å². The number of hydrogen-bond acceptors (Lipinski definition) is 2. The van der Waals surface area contributed by atoms with E-state index in [4.69, 9.17) is 10.2 Å². The van der Waals surface area contributed by atoms with Gasteiger partial charge in [0.25, 0.3) is 0 Å². The Bertz CT molecular complexity index is 198. The first-order valence-corrected chi connectivity index (χ1v) is 7.16. The van der Waals surface area contributed by atoms with E-state index in [-0.39, 0.29) is 13.2 Å². The van der Waals surface area contributed by atoms with E-state index in [1.54, 1.807) is 0 Å². The Morgan fingerprint density at radius 3 is 1.17 bits per heavy atom. The summed E-state index contributed by atoms with van der Waals surface area (Å²) in [6.45, 7) is 0.112. The van der Waals surface area contributed by atoms with E-state index < -0.39 is 0 Å². The Hall–Kier alpha value is 2.32. The van der Waals surface area contributed by atoms with Crippen molar-refractivity contribution in [2.75, 3.05) is 13.2 Å². The van der Waals surface area contributed by atoms with Gasteiger partial charge in [0.2, 0.25) is 0 Å². The highest BCUT2D eigenvalue weighted by Crippen LogP contribution is 2.34. The summed E-state index contributed by atoms with van der Waals surface area (Å²) in [7, 11) is 0. The molecule has 0 aromatic carbocycles. The molecule has 6 heteroatoms. The second kappa shape index (κ2) is 7.59. The fourth-order valence-corrected chi connectivity index (χ4v) is 2.94. The predicted octanol–water partition coefficient (Wildman–Crippen LogP) is 3.13. The van der Waals surface area contributed by atoms with E-state index >= 15 is 0 Å². The first-order chi connectivity index (χ1) is 5.54. The molecule has 0 fully saturated rings. The van der Waals surface area contributed by atoms with Crippen LogP contribution < -0.4 is 0 Å². The minimum atomic E-state index is 0.0562. The Labute approximate surface area is 126 Å². The number of halogens is 4. The van der Waals surface area contributed by atoms with Crippen LogP contribution in [0, 0.1) is 0 Å². The van der Waals surface area contributed by atoms with Crippen molar-refractivity contribution in [3.8, 4) is 0 Å². The molecule has 0 saturated heterocycles. The maximum atomic E-state index is 8.85. The molecular weight excluding hydrogens is 612 g/mol. The Kier molecular flexibility index (Phi) is 9.06. The SMILES string of the molecule is OCC(I)=C(I)/C(I)=C(/I)CO. The number of hydrogen-bond donors (Lipinski definition) is 2. The average molecular weight is 618 g/mol. The van der Waals surface area contributed by atoms with Crippen molar-refractivity contribution in [2.45, 2.75) is 0 Å². The van der Waals surface area contributed by atoms with Gasteiger partial charge in [0.15, 0.2) is 0 Å². The molecule has 0 rings (SSSR count). The highest BCUT2D eigenvalue weighted by Gasteiger charge is 2.07. The van der Waals surface area contributed by atoms with Gasteiger partial charge < -0.3 is 10.2 Å². The predicted molar refractivity (Wildman–Crippen MR) is 84.3 cm³/mol. The summed E-state index contributed by atoms with van der Waals surface area (Å²) in [4.78, 5) is 0. The number of aliphatic hydroxyl groups excluding tert-OH is 2. The fraction of sp³-hybridized carbons (Fsp3) is 0.333. The zero-order valence-corrected chi connectivity index (χ0v) is 14.5. The van der Waals surface area contributed by atoms with Crippen LogP contribution in [0.4, 0.5) is 0 Å². The summed E-state index contributed by atoms with van der Waals surface area (Å²) in [6.07, 6.45) is 0. The minimum absolute atomic E-state index is 0.0562. The van der Waals surface area contributed by atoms with Gasteiger partial charge >= 0.3 is 0 Å². The van der Waals surface area contributed by atoms with Crippen LogP contribution in [0.2, 0.25) is 0 Å². The molecule has 2 nitrogen and oxygen atoms in total. The third-order valence-corrected chi connectivity index (χ3v) is 8.18. The molecule has 0 aliphatic rings. The Balaban J connectivity index is 4.82. The molecule has 2 N–H and O–H groups in total. The fourth-order valence-electron chi connectivity index (χ4n) is 0.377. The molecule has 0 atom stereocenters. The van der Waals surface area contributed by atoms with Gasteiger partial charge in [0.1, 0.15) is 0 Å². The zero-order chi connectivity index (χ0) is 9.72. The molecule has 0 saturated carbocycles. The highest BCUT2D eigenvalue weighted by atomic mass is 127. The van der Waals surface area contributed by atoms with E-state index in [0.29, 0.717) is 0 Å². The van der Waals surface area contributed by atoms with Gasteiger partial charge in [-0.2, -0.15) is 0 Å². The maximum Gasteiger partial charge on any atom is 0.0749 e. The number of rotatable bonds is 3.